The highest BCUT2D eigenvalue weighted by Crippen LogP contribution is 2.27. The van der Waals surface area contributed by atoms with Crippen LogP contribution in [0.1, 0.15) is 29.6 Å². The Morgan fingerprint density at radius 3 is 2.90 bits per heavy atom. The van der Waals surface area contributed by atoms with Crippen molar-refractivity contribution in [2.24, 2.45) is 5.92 Å². The van der Waals surface area contributed by atoms with Crippen LogP contribution < -0.4 is 5.32 Å². The highest BCUT2D eigenvalue weighted by Gasteiger charge is 2.29. The van der Waals surface area contributed by atoms with Gasteiger partial charge in [-0.2, -0.15) is 5.26 Å². The molecular weight excluding hydrogens is 326 g/mol. The minimum Gasteiger partial charge on any atom is -0.348 e. The molecule has 0 heterocycles. The minimum atomic E-state index is -0.547. The summed E-state index contributed by atoms with van der Waals surface area (Å²) in [5, 5.41) is 22.6. The summed E-state index contributed by atoms with van der Waals surface area (Å²) in [6.07, 6.45) is 2.45. The van der Waals surface area contributed by atoms with Gasteiger partial charge >= 0.3 is 0 Å². The van der Waals surface area contributed by atoms with Crippen molar-refractivity contribution < 1.29 is 9.72 Å². The summed E-state index contributed by atoms with van der Waals surface area (Å²) in [6.45, 7) is 0. The number of halogens is 1. The molecule has 1 aliphatic rings. The summed E-state index contributed by atoms with van der Waals surface area (Å²) in [5.74, 6) is -0.558. The molecule has 2 rings (SSSR count). The minimum absolute atomic E-state index is 0.152. The first-order valence-corrected chi connectivity index (χ1v) is 6.96. The van der Waals surface area contributed by atoms with E-state index in [1.165, 1.54) is 18.2 Å². The van der Waals surface area contributed by atoms with E-state index < -0.39 is 4.92 Å². The number of nitro benzene ring substituents is 1. The van der Waals surface area contributed by atoms with E-state index >= 15 is 0 Å². The quantitative estimate of drug-likeness (QED) is 0.677. The van der Waals surface area contributed by atoms with Crippen molar-refractivity contribution in [1.82, 2.24) is 5.32 Å². The van der Waals surface area contributed by atoms with Crippen LogP contribution in [0.15, 0.2) is 22.7 Å². The fourth-order valence-corrected chi connectivity index (χ4v) is 2.72. The van der Waals surface area contributed by atoms with Gasteiger partial charge in [0.1, 0.15) is 0 Å². The van der Waals surface area contributed by atoms with Gasteiger partial charge in [0.05, 0.1) is 21.4 Å². The number of nitrogens with one attached hydrogen (secondary N) is 1. The maximum atomic E-state index is 12.1. The Bertz CT molecular complexity index is 597. The van der Waals surface area contributed by atoms with Crippen LogP contribution in [0, 0.1) is 27.4 Å². The highest BCUT2D eigenvalue weighted by molar-refractivity contribution is 9.10. The number of benzene rings is 1. The molecule has 6 nitrogen and oxygen atoms in total. The van der Waals surface area contributed by atoms with Gasteiger partial charge in [-0.1, -0.05) is 0 Å². The van der Waals surface area contributed by atoms with E-state index in [0.717, 1.165) is 19.3 Å². The van der Waals surface area contributed by atoms with Crippen LogP contribution >= 0.6 is 15.9 Å². The molecular formula is C13H12BrN3O3. The van der Waals surface area contributed by atoms with Crippen molar-refractivity contribution in [1.29, 1.82) is 5.26 Å². The van der Waals surface area contributed by atoms with Gasteiger partial charge in [-0.25, -0.2) is 0 Å². The molecule has 0 saturated heterocycles. The van der Waals surface area contributed by atoms with Gasteiger partial charge in [0.2, 0.25) is 0 Å². The van der Waals surface area contributed by atoms with Crippen molar-refractivity contribution in [2.45, 2.75) is 25.3 Å². The molecule has 1 aromatic rings. The maximum Gasteiger partial charge on any atom is 0.284 e. The molecule has 1 aliphatic carbocycles. The second-order valence-electron chi connectivity index (χ2n) is 4.67. The van der Waals surface area contributed by atoms with Crippen molar-refractivity contribution in [2.75, 3.05) is 0 Å². The average Bonchev–Trinajstić information content (AvgIpc) is 2.86. The third-order valence-electron chi connectivity index (χ3n) is 3.40. The Morgan fingerprint density at radius 1 is 1.50 bits per heavy atom. The molecule has 2 unspecified atom stereocenters. The predicted molar refractivity (Wildman–Crippen MR) is 75.0 cm³/mol. The van der Waals surface area contributed by atoms with E-state index in [9.17, 15) is 14.9 Å². The number of carbonyl (C=O) groups is 1. The number of amides is 1. The first kappa shape index (κ1) is 14.5. The van der Waals surface area contributed by atoms with Crippen LogP contribution in [0.5, 0.6) is 0 Å². The number of hydrogen-bond acceptors (Lipinski definition) is 4. The second kappa shape index (κ2) is 6.01. The molecule has 104 valence electrons. The Hall–Kier alpha value is -1.94. The zero-order valence-corrected chi connectivity index (χ0v) is 12.1. The molecule has 0 spiro atoms. The van der Waals surface area contributed by atoms with E-state index in [-0.39, 0.29) is 29.1 Å². The van der Waals surface area contributed by atoms with Crippen LogP contribution in [0.3, 0.4) is 0 Å². The third-order valence-corrected chi connectivity index (χ3v) is 4.07. The lowest BCUT2D eigenvalue weighted by atomic mass is 10.1. The average molecular weight is 338 g/mol. The SMILES string of the molecule is N#CC1CCCC1NC(=O)c1ccc(Br)c([N+](=O)[O-])c1. The van der Waals surface area contributed by atoms with E-state index in [0.29, 0.717) is 4.47 Å². The van der Waals surface area contributed by atoms with E-state index in [1.54, 1.807) is 0 Å². The van der Waals surface area contributed by atoms with Crippen molar-refractivity contribution in [3.63, 3.8) is 0 Å². The first-order valence-electron chi connectivity index (χ1n) is 6.17. The highest BCUT2D eigenvalue weighted by atomic mass is 79.9. The van der Waals surface area contributed by atoms with E-state index in [1.807, 2.05) is 0 Å². The molecule has 1 fully saturated rings. The van der Waals surface area contributed by atoms with Crippen LogP contribution in [0.2, 0.25) is 0 Å². The molecule has 2 atom stereocenters. The van der Waals surface area contributed by atoms with Gasteiger partial charge < -0.3 is 5.32 Å². The molecule has 0 bridgehead atoms. The zero-order chi connectivity index (χ0) is 14.7. The molecule has 0 radical (unpaired) electrons. The number of nitrogens with zero attached hydrogens (tertiary/aromatic N) is 2. The van der Waals surface area contributed by atoms with E-state index in [4.69, 9.17) is 5.26 Å². The largest absolute Gasteiger partial charge is 0.348 e. The van der Waals surface area contributed by atoms with Gasteiger partial charge in [0.15, 0.2) is 0 Å². The van der Waals surface area contributed by atoms with Gasteiger partial charge in [-0.3, -0.25) is 14.9 Å². The van der Waals surface area contributed by atoms with Crippen LogP contribution in [-0.4, -0.2) is 16.9 Å². The smallest absolute Gasteiger partial charge is 0.284 e. The lowest BCUT2D eigenvalue weighted by Gasteiger charge is -2.15. The van der Waals surface area contributed by atoms with Gasteiger partial charge in [-0.15, -0.1) is 0 Å². The Labute approximate surface area is 124 Å². The second-order valence-corrected chi connectivity index (χ2v) is 5.52. The number of nitriles is 1. The fraction of sp³-hybridized carbons (Fsp3) is 0.385. The molecule has 1 saturated carbocycles. The Kier molecular flexibility index (Phi) is 4.35. The van der Waals surface area contributed by atoms with Crippen LogP contribution in [0.4, 0.5) is 5.69 Å². The van der Waals surface area contributed by atoms with Crippen LogP contribution in [-0.2, 0) is 0 Å². The number of hydrogen-bond donors (Lipinski definition) is 1. The number of rotatable bonds is 3. The Morgan fingerprint density at radius 2 is 2.25 bits per heavy atom. The third kappa shape index (κ3) is 2.96. The monoisotopic (exact) mass is 337 g/mol. The van der Waals surface area contributed by atoms with Crippen molar-refractivity contribution in [3.8, 4) is 6.07 Å². The summed E-state index contributed by atoms with van der Waals surface area (Å²) in [6, 6.07) is 6.23. The molecule has 1 N–H and O–H groups in total. The number of carbonyl (C=O) groups excluding carboxylic acids is 1. The molecule has 7 heteroatoms. The topological polar surface area (TPSA) is 96.0 Å². The van der Waals surface area contributed by atoms with Gasteiger partial charge in [-0.05, 0) is 47.3 Å². The van der Waals surface area contributed by atoms with E-state index in [2.05, 4.69) is 27.3 Å². The lowest BCUT2D eigenvalue weighted by Crippen LogP contribution is -2.36. The summed E-state index contributed by atoms with van der Waals surface area (Å²) in [5.41, 5.74) is 0.0735. The van der Waals surface area contributed by atoms with Crippen molar-refractivity contribution >= 4 is 27.5 Å². The normalized spacial score (nSPS) is 21.2. The molecule has 20 heavy (non-hydrogen) atoms. The maximum absolute atomic E-state index is 12.1. The summed E-state index contributed by atoms with van der Waals surface area (Å²) in [7, 11) is 0. The summed E-state index contributed by atoms with van der Waals surface area (Å²) in [4.78, 5) is 22.4. The molecule has 1 amide bonds. The molecule has 0 aliphatic heterocycles. The predicted octanol–water partition coefficient (Wildman–Crippen LogP) is 2.78. The molecule has 0 aromatic heterocycles. The Balaban J connectivity index is 2.16. The van der Waals surface area contributed by atoms with Gasteiger partial charge in [0.25, 0.3) is 11.6 Å². The summed E-state index contributed by atoms with van der Waals surface area (Å²) < 4.78 is 0.329. The first-order chi connectivity index (χ1) is 9.52. The number of nitro groups is 1. The van der Waals surface area contributed by atoms with Crippen LogP contribution in [0.25, 0.3) is 0 Å². The fourth-order valence-electron chi connectivity index (χ4n) is 2.33. The molecule has 1 aromatic carbocycles. The van der Waals surface area contributed by atoms with Gasteiger partial charge in [0, 0.05) is 17.7 Å². The lowest BCUT2D eigenvalue weighted by molar-refractivity contribution is -0.385. The summed E-state index contributed by atoms with van der Waals surface area (Å²) >= 11 is 3.07. The van der Waals surface area contributed by atoms with Crippen molar-refractivity contribution in [3.05, 3.63) is 38.3 Å². The standard InChI is InChI=1S/C13H12BrN3O3/c14-10-5-4-8(6-12(10)17(19)20)13(18)16-11-3-1-2-9(11)7-15/h4-6,9,11H,1-3H2,(H,16,18). The zero-order valence-electron chi connectivity index (χ0n) is 10.5.